The number of nitrogens with one attached hydrogen (secondary N) is 2. The van der Waals surface area contributed by atoms with Crippen LogP contribution in [-0.2, 0) is 11.3 Å². The number of unbranched alkanes of at least 4 members (excludes halogenated alkanes) is 1. The predicted molar refractivity (Wildman–Crippen MR) is 105 cm³/mol. The molecule has 1 amide bonds. The van der Waals surface area contributed by atoms with Gasteiger partial charge in [-0.05, 0) is 18.6 Å². The van der Waals surface area contributed by atoms with Gasteiger partial charge in [-0.1, -0.05) is 43.3 Å². The monoisotopic (exact) mass is 397 g/mol. The van der Waals surface area contributed by atoms with E-state index in [-0.39, 0.29) is 22.9 Å². The van der Waals surface area contributed by atoms with Gasteiger partial charge in [-0.2, -0.15) is 10.4 Å². The number of benzene rings is 1. The Balaban J connectivity index is 1.72. The SMILES string of the molecule is CCCCn1c(SCC(=O)Nc2c(C#N)cnn2-c2ccccc2)n[nH]c1=O. The molecule has 10 heteroatoms. The van der Waals surface area contributed by atoms with Crippen LogP contribution in [0.1, 0.15) is 25.3 Å². The van der Waals surface area contributed by atoms with E-state index in [0.29, 0.717) is 17.5 Å². The molecule has 0 radical (unpaired) electrons. The number of anilines is 1. The van der Waals surface area contributed by atoms with Gasteiger partial charge in [0.1, 0.15) is 11.6 Å². The minimum Gasteiger partial charge on any atom is -0.309 e. The van der Waals surface area contributed by atoms with Crippen LogP contribution in [-0.4, -0.2) is 36.2 Å². The fourth-order valence-electron chi connectivity index (χ4n) is 2.54. The van der Waals surface area contributed by atoms with E-state index in [4.69, 9.17) is 0 Å². The van der Waals surface area contributed by atoms with Crippen molar-refractivity contribution in [3.05, 3.63) is 52.6 Å². The summed E-state index contributed by atoms with van der Waals surface area (Å²) < 4.78 is 3.03. The summed E-state index contributed by atoms with van der Waals surface area (Å²) in [7, 11) is 0. The van der Waals surface area contributed by atoms with Crippen LogP contribution in [0.4, 0.5) is 5.82 Å². The quantitative estimate of drug-likeness (QED) is 0.562. The molecule has 3 rings (SSSR count). The number of carbonyl (C=O) groups excluding carboxylic acids is 1. The van der Waals surface area contributed by atoms with E-state index in [1.54, 1.807) is 0 Å². The van der Waals surface area contributed by atoms with E-state index in [2.05, 4.69) is 20.6 Å². The van der Waals surface area contributed by atoms with Crippen molar-refractivity contribution in [1.82, 2.24) is 24.5 Å². The van der Waals surface area contributed by atoms with Gasteiger partial charge in [-0.15, -0.1) is 5.10 Å². The zero-order chi connectivity index (χ0) is 19.9. The number of aromatic amines is 1. The molecule has 144 valence electrons. The second-order valence-electron chi connectivity index (χ2n) is 5.92. The Morgan fingerprint density at radius 3 is 2.86 bits per heavy atom. The molecule has 0 fully saturated rings. The van der Waals surface area contributed by atoms with Crippen molar-refractivity contribution in [3.63, 3.8) is 0 Å². The third-order valence-corrected chi connectivity index (χ3v) is 4.92. The van der Waals surface area contributed by atoms with E-state index in [0.717, 1.165) is 30.3 Å². The highest BCUT2D eigenvalue weighted by Gasteiger charge is 2.16. The largest absolute Gasteiger partial charge is 0.343 e. The maximum atomic E-state index is 12.5. The second kappa shape index (κ2) is 9.05. The zero-order valence-electron chi connectivity index (χ0n) is 15.3. The van der Waals surface area contributed by atoms with Crippen LogP contribution in [0.5, 0.6) is 0 Å². The van der Waals surface area contributed by atoms with Crippen LogP contribution in [0.2, 0.25) is 0 Å². The Kier molecular flexibility index (Phi) is 6.29. The lowest BCUT2D eigenvalue weighted by atomic mass is 10.3. The number of H-pyrrole nitrogens is 1. The standard InChI is InChI=1S/C18H19N7O2S/c1-2-3-9-24-17(27)22-23-18(24)28-12-15(26)21-16-13(10-19)11-20-25(16)14-7-5-4-6-8-14/h4-8,11H,2-3,9,12H2,1H3,(H,21,26)(H,22,27). The highest BCUT2D eigenvalue weighted by atomic mass is 32.2. The number of aromatic nitrogens is 5. The summed E-state index contributed by atoms with van der Waals surface area (Å²) in [5.74, 6) is 0.0303. The lowest BCUT2D eigenvalue weighted by molar-refractivity contribution is -0.113. The van der Waals surface area contributed by atoms with E-state index in [9.17, 15) is 14.9 Å². The molecule has 0 bridgehead atoms. The predicted octanol–water partition coefficient (Wildman–Crippen LogP) is 2.16. The summed E-state index contributed by atoms with van der Waals surface area (Å²) in [6.07, 6.45) is 3.20. The van der Waals surface area contributed by atoms with Gasteiger partial charge >= 0.3 is 5.69 Å². The van der Waals surface area contributed by atoms with E-state index >= 15 is 0 Å². The number of hydrogen-bond donors (Lipinski definition) is 2. The Morgan fingerprint density at radius 1 is 1.36 bits per heavy atom. The average Bonchev–Trinajstić information content (AvgIpc) is 3.28. The van der Waals surface area contributed by atoms with Gasteiger partial charge in [0.2, 0.25) is 5.91 Å². The molecule has 0 spiro atoms. The maximum Gasteiger partial charge on any atom is 0.343 e. The maximum absolute atomic E-state index is 12.5. The van der Waals surface area contributed by atoms with Crippen molar-refractivity contribution >= 4 is 23.5 Å². The lowest BCUT2D eigenvalue weighted by Crippen LogP contribution is -2.20. The molecule has 0 aliphatic carbocycles. The van der Waals surface area contributed by atoms with Crippen LogP contribution in [0.3, 0.4) is 0 Å². The number of para-hydroxylation sites is 1. The molecule has 2 aromatic heterocycles. The lowest BCUT2D eigenvalue weighted by Gasteiger charge is -2.09. The van der Waals surface area contributed by atoms with E-state index in [1.165, 1.54) is 15.4 Å². The molecular formula is C18H19N7O2S. The van der Waals surface area contributed by atoms with Crippen LogP contribution >= 0.6 is 11.8 Å². The molecule has 0 aliphatic rings. The molecule has 0 saturated heterocycles. The first-order valence-corrected chi connectivity index (χ1v) is 9.74. The third kappa shape index (κ3) is 4.32. The fraction of sp³-hybridized carbons (Fsp3) is 0.278. The molecular weight excluding hydrogens is 378 g/mol. The van der Waals surface area contributed by atoms with Crippen molar-refractivity contribution in [2.75, 3.05) is 11.1 Å². The fourth-order valence-corrected chi connectivity index (χ4v) is 3.31. The molecule has 1 aromatic carbocycles. The Labute approximate surface area is 165 Å². The van der Waals surface area contributed by atoms with Gasteiger partial charge in [-0.3, -0.25) is 9.36 Å². The van der Waals surface area contributed by atoms with Crippen LogP contribution in [0.15, 0.2) is 46.5 Å². The molecule has 9 nitrogen and oxygen atoms in total. The van der Waals surface area contributed by atoms with Gasteiger partial charge < -0.3 is 5.32 Å². The summed E-state index contributed by atoms with van der Waals surface area (Å²) in [6.45, 7) is 2.59. The minimum atomic E-state index is -0.323. The number of thioether (sulfide) groups is 1. The molecule has 2 heterocycles. The van der Waals surface area contributed by atoms with Crippen molar-refractivity contribution in [2.24, 2.45) is 0 Å². The Bertz CT molecular complexity index is 1050. The summed E-state index contributed by atoms with van der Waals surface area (Å²) in [6, 6.07) is 11.2. The van der Waals surface area contributed by atoms with Crippen molar-refractivity contribution in [2.45, 2.75) is 31.5 Å². The molecule has 0 unspecified atom stereocenters. The minimum absolute atomic E-state index is 0.0429. The average molecular weight is 397 g/mol. The number of carbonyl (C=O) groups is 1. The third-order valence-electron chi connectivity index (χ3n) is 3.94. The number of nitrogens with zero attached hydrogens (tertiary/aromatic N) is 5. The van der Waals surface area contributed by atoms with Crippen molar-refractivity contribution in [3.8, 4) is 11.8 Å². The first-order valence-electron chi connectivity index (χ1n) is 8.75. The van der Waals surface area contributed by atoms with Gasteiger partial charge in [-0.25, -0.2) is 14.6 Å². The van der Waals surface area contributed by atoms with Crippen LogP contribution in [0, 0.1) is 11.3 Å². The molecule has 2 N–H and O–H groups in total. The molecule has 3 aromatic rings. The number of rotatable bonds is 8. The second-order valence-corrected chi connectivity index (χ2v) is 6.86. The number of hydrogen-bond acceptors (Lipinski definition) is 6. The first-order chi connectivity index (χ1) is 13.6. The molecule has 0 saturated carbocycles. The van der Waals surface area contributed by atoms with E-state index in [1.807, 2.05) is 43.3 Å². The summed E-state index contributed by atoms with van der Waals surface area (Å²) in [5, 5.41) is 23.1. The normalized spacial score (nSPS) is 10.6. The summed E-state index contributed by atoms with van der Waals surface area (Å²) >= 11 is 1.16. The Morgan fingerprint density at radius 2 is 2.14 bits per heavy atom. The first kappa shape index (κ1) is 19.4. The van der Waals surface area contributed by atoms with Crippen LogP contribution in [0.25, 0.3) is 5.69 Å². The zero-order valence-corrected chi connectivity index (χ0v) is 16.1. The van der Waals surface area contributed by atoms with E-state index < -0.39 is 0 Å². The smallest absolute Gasteiger partial charge is 0.309 e. The van der Waals surface area contributed by atoms with Crippen molar-refractivity contribution < 1.29 is 4.79 Å². The molecule has 0 atom stereocenters. The van der Waals surface area contributed by atoms with Crippen LogP contribution < -0.4 is 11.0 Å². The van der Waals surface area contributed by atoms with Gasteiger partial charge in [0.15, 0.2) is 11.0 Å². The Hall–Kier alpha value is -3.32. The highest BCUT2D eigenvalue weighted by molar-refractivity contribution is 7.99. The van der Waals surface area contributed by atoms with Crippen molar-refractivity contribution in [1.29, 1.82) is 5.26 Å². The molecule has 0 aliphatic heterocycles. The van der Waals surface area contributed by atoms with Gasteiger partial charge in [0, 0.05) is 6.54 Å². The molecule has 28 heavy (non-hydrogen) atoms. The number of amides is 1. The summed E-state index contributed by atoms with van der Waals surface area (Å²) in [4.78, 5) is 24.3. The highest BCUT2D eigenvalue weighted by Crippen LogP contribution is 2.21. The van der Waals surface area contributed by atoms with Gasteiger partial charge in [0.05, 0.1) is 17.6 Å². The number of nitriles is 1. The van der Waals surface area contributed by atoms with Gasteiger partial charge in [0.25, 0.3) is 0 Å². The topological polar surface area (TPSA) is 121 Å². The summed E-state index contributed by atoms with van der Waals surface area (Å²) in [5.41, 5.74) is 0.708.